The van der Waals surface area contributed by atoms with Gasteiger partial charge in [-0.05, 0) is 55.9 Å². The average molecular weight is 436 g/mol. The zero-order valence-electron chi connectivity index (χ0n) is 19.5. The Morgan fingerprint density at radius 1 is 1.03 bits per heavy atom. The number of hydrogen-bond acceptors (Lipinski definition) is 3. The number of hydrogen-bond donors (Lipinski definition) is 2. The standard InChI is InChI=1S/C27H37N3O2/c1-3-5-13-22(4-2)26(31)29-23-14-15-25(30-18-9-10-19-30)24(20-23)27(32)28-17-16-21-11-7-6-8-12-21/h6-8,11-12,14-15,20,22H,3-5,9-10,13,16-19H2,1-2H3,(H,28,32)(H,29,31)/t22-/m1/s1. The number of amides is 2. The summed E-state index contributed by atoms with van der Waals surface area (Å²) in [4.78, 5) is 28.2. The molecule has 1 saturated heterocycles. The minimum atomic E-state index is -0.0862. The predicted octanol–water partition coefficient (Wildman–Crippen LogP) is 5.41. The second kappa shape index (κ2) is 12.3. The number of anilines is 2. The lowest BCUT2D eigenvalue weighted by Gasteiger charge is -2.22. The Balaban J connectivity index is 1.72. The number of benzene rings is 2. The Hall–Kier alpha value is -2.82. The SMILES string of the molecule is CCCC[C@@H](CC)C(=O)Nc1ccc(N2CCCC2)c(C(=O)NCCc2ccccc2)c1. The molecule has 1 aliphatic heterocycles. The molecule has 172 valence electrons. The summed E-state index contributed by atoms with van der Waals surface area (Å²) in [5.74, 6) is -0.0291. The van der Waals surface area contributed by atoms with Crippen molar-refractivity contribution in [2.75, 3.05) is 29.9 Å². The van der Waals surface area contributed by atoms with Crippen LogP contribution in [0.5, 0.6) is 0 Å². The molecule has 2 amide bonds. The fraction of sp³-hybridized carbons (Fsp3) is 0.481. The zero-order chi connectivity index (χ0) is 22.8. The molecule has 1 fully saturated rings. The van der Waals surface area contributed by atoms with Crippen LogP contribution in [-0.2, 0) is 11.2 Å². The summed E-state index contributed by atoms with van der Waals surface area (Å²) in [5, 5.41) is 6.13. The lowest BCUT2D eigenvalue weighted by Crippen LogP contribution is -2.29. The molecule has 2 N–H and O–H groups in total. The monoisotopic (exact) mass is 435 g/mol. The first-order valence-corrected chi connectivity index (χ1v) is 12.1. The molecule has 2 aromatic carbocycles. The highest BCUT2D eigenvalue weighted by Crippen LogP contribution is 2.28. The van der Waals surface area contributed by atoms with Gasteiger partial charge in [-0.15, -0.1) is 0 Å². The van der Waals surface area contributed by atoms with Gasteiger partial charge in [0.15, 0.2) is 0 Å². The zero-order valence-corrected chi connectivity index (χ0v) is 19.5. The molecule has 5 heteroatoms. The first kappa shape index (κ1) is 23.8. The largest absolute Gasteiger partial charge is 0.371 e. The van der Waals surface area contributed by atoms with E-state index < -0.39 is 0 Å². The first-order valence-electron chi connectivity index (χ1n) is 12.1. The minimum Gasteiger partial charge on any atom is -0.371 e. The molecule has 1 aliphatic rings. The van der Waals surface area contributed by atoms with Gasteiger partial charge >= 0.3 is 0 Å². The van der Waals surface area contributed by atoms with Crippen LogP contribution in [0.15, 0.2) is 48.5 Å². The molecule has 0 unspecified atom stereocenters. The van der Waals surface area contributed by atoms with Gasteiger partial charge in [0.1, 0.15) is 0 Å². The summed E-state index contributed by atoms with van der Waals surface area (Å²) >= 11 is 0. The van der Waals surface area contributed by atoms with Crippen LogP contribution in [0.2, 0.25) is 0 Å². The van der Waals surface area contributed by atoms with E-state index in [0.29, 0.717) is 17.8 Å². The highest BCUT2D eigenvalue weighted by atomic mass is 16.2. The molecule has 2 aromatic rings. The number of nitrogens with zero attached hydrogens (tertiary/aromatic N) is 1. The van der Waals surface area contributed by atoms with Crippen molar-refractivity contribution in [2.24, 2.45) is 5.92 Å². The van der Waals surface area contributed by atoms with Crippen LogP contribution in [-0.4, -0.2) is 31.4 Å². The van der Waals surface area contributed by atoms with Gasteiger partial charge in [0.05, 0.1) is 5.56 Å². The fourth-order valence-corrected chi connectivity index (χ4v) is 4.31. The Kier molecular flexibility index (Phi) is 9.14. The van der Waals surface area contributed by atoms with Gasteiger partial charge < -0.3 is 15.5 Å². The van der Waals surface area contributed by atoms with E-state index in [1.165, 1.54) is 5.56 Å². The summed E-state index contributed by atoms with van der Waals surface area (Å²) < 4.78 is 0. The van der Waals surface area contributed by atoms with Crippen LogP contribution in [0.3, 0.4) is 0 Å². The van der Waals surface area contributed by atoms with Crippen molar-refractivity contribution in [2.45, 2.75) is 58.8 Å². The van der Waals surface area contributed by atoms with Crippen LogP contribution < -0.4 is 15.5 Å². The van der Waals surface area contributed by atoms with Crippen LogP contribution in [0.1, 0.15) is 68.3 Å². The van der Waals surface area contributed by atoms with E-state index in [-0.39, 0.29) is 17.7 Å². The molecule has 32 heavy (non-hydrogen) atoms. The number of carbonyl (C=O) groups is 2. The maximum atomic E-state index is 13.1. The van der Waals surface area contributed by atoms with Crippen molar-refractivity contribution in [1.82, 2.24) is 5.32 Å². The topological polar surface area (TPSA) is 61.4 Å². The first-order chi connectivity index (χ1) is 15.6. The molecule has 0 spiro atoms. The second-order valence-corrected chi connectivity index (χ2v) is 8.65. The molecular weight excluding hydrogens is 398 g/mol. The molecule has 1 atom stereocenters. The van der Waals surface area contributed by atoms with Gasteiger partial charge in [0.2, 0.25) is 5.91 Å². The number of rotatable bonds is 11. The second-order valence-electron chi connectivity index (χ2n) is 8.65. The highest BCUT2D eigenvalue weighted by molar-refractivity contribution is 6.02. The summed E-state index contributed by atoms with van der Waals surface area (Å²) in [7, 11) is 0. The maximum Gasteiger partial charge on any atom is 0.253 e. The lowest BCUT2D eigenvalue weighted by molar-refractivity contribution is -0.120. The van der Waals surface area contributed by atoms with Crippen molar-refractivity contribution in [3.05, 3.63) is 59.7 Å². The Labute approximate surface area is 192 Å². The Morgan fingerprint density at radius 2 is 1.78 bits per heavy atom. The summed E-state index contributed by atoms with van der Waals surface area (Å²) in [6, 6.07) is 15.9. The molecule has 1 heterocycles. The number of carbonyl (C=O) groups excluding carboxylic acids is 2. The summed E-state index contributed by atoms with van der Waals surface area (Å²) in [5.41, 5.74) is 3.49. The van der Waals surface area contributed by atoms with E-state index in [1.54, 1.807) is 0 Å². The molecule has 0 saturated carbocycles. The van der Waals surface area contributed by atoms with E-state index in [0.717, 1.165) is 63.7 Å². The van der Waals surface area contributed by atoms with E-state index >= 15 is 0 Å². The third kappa shape index (κ3) is 6.59. The maximum absolute atomic E-state index is 13.1. The highest BCUT2D eigenvalue weighted by Gasteiger charge is 2.21. The quantitative estimate of drug-likeness (QED) is 0.496. The van der Waals surface area contributed by atoms with E-state index in [2.05, 4.69) is 41.5 Å². The van der Waals surface area contributed by atoms with Crippen molar-refractivity contribution in [3.8, 4) is 0 Å². The normalized spacial score (nSPS) is 14.2. The predicted molar refractivity (Wildman–Crippen MR) is 132 cm³/mol. The number of unbranched alkanes of at least 4 members (excludes halogenated alkanes) is 1. The average Bonchev–Trinajstić information content (AvgIpc) is 3.35. The fourth-order valence-electron chi connectivity index (χ4n) is 4.31. The Morgan fingerprint density at radius 3 is 2.47 bits per heavy atom. The Bertz CT molecular complexity index is 876. The van der Waals surface area contributed by atoms with Crippen molar-refractivity contribution in [3.63, 3.8) is 0 Å². The van der Waals surface area contributed by atoms with Crippen LogP contribution in [0, 0.1) is 5.92 Å². The van der Waals surface area contributed by atoms with Gasteiger partial charge in [-0.1, -0.05) is 57.0 Å². The molecule has 5 nitrogen and oxygen atoms in total. The molecular formula is C27H37N3O2. The molecule has 0 bridgehead atoms. The molecule has 0 aromatic heterocycles. The van der Waals surface area contributed by atoms with Crippen LogP contribution in [0.4, 0.5) is 11.4 Å². The molecule has 0 radical (unpaired) electrons. The van der Waals surface area contributed by atoms with Gasteiger partial charge in [0.25, 0.3) is 5.91 Å². The minimum absolute atomic E-state index is 0.0105. The number of nitrogens with one attached hydrogen (secondary N) is 2. The third-order valence-corrected chi connectivity index (χ3v) is 6.27. The molecule has 0 aliphatic carbocycles. The summed E-state index contributed by atoms with van der Waals surface area (Å²) in [6.07, 6.45) is 6.93. The van der Waals surface area contributed by atoms with E-state index in [1.807, 2.05) is 36.4 Å². The third-order valence-electron chi connectivity index (χ3n) is 6.27. The summed E-state index contributed by atoms with van der Waals surface area (Å²) in [6.45, 7) is 6.70. The van der Waals surface area contributed by atoms with E-state index in [4.69, 9.17) is 0 Å². The lowest BCUT2D eigenvalue weighted by atomic mass is 9.98. The van der Waals surface area contributed by atoms with Gasteiger partial charge in [-0.3, -0.25) is 9.59 Å². The van der Waals surface area contributed by atoms with Crippen molar-refractivity contribution in [1.29, 1.82) is 0 Å². The van der Waals surface area contributed by atoms with Crippen LogP contribution in [0.25, 0.3) is 0 Å². The van der Waals surface area contributed by atoms with Crippen molar-refractivity contribution >= 4 is 23.2 Å². The van der Waals surface area contributed by atoms with Crippen molar-refractivity contribution < 1.29 is 9.59 Å². The smallest absolute Gasteiger partial charge is 0.253 e. The van der Waals surface area contributed by atoms with E-state index in [9.17, 15) is 9.59 Å². The van der Waals surface area contributed by atoms with Crippen LogP contribution >= 0.6 is 0 Å². The van der Waals surface area contributed by atoms with Gasteiger partial charge in [-0.2, -0.15) is 0 Å². The van der Waals surface area contributed by atoms with Gasteiger partial charge in [0, 0.05) is 36.9 Å². The molecule has 3 rings (SSSR count). The van der Waals surface area contributed by atoms with Gasteiger partial charge in [-0.25, -0.2) is 0 Å².